The largest absolute Gasteiger partial charge is 0.444 e. The van der Waals surface area contributed by atoms with Crippen LogP contribution in [0.2, 0.25) is 0 Å². The highest BCUT2D eigenvalue weighted by Gasteiger charge is 2.24. The predicted octanol–water partition coefficient (Wildman–Crippen LogP) is 2.59. The summed E-state index contributed by atoms with van der Waals surface area (Å²) >= 11 is 1.62. The van der Waals surface area contributed by atoms with Crippen LogP contribution in [0, 0.1) is 0 Å². The summed E-state index contributed by atoms with van der Waals surface area (Å²) in [6.45, 7) is 9.92. The van der Waals surface area contributed by atoms with Gasteiger partial charge in [0.2, 0.25) is 0 Å². The van der Waals surface area contributed by atoms with Gasteiger partial charge in [-0.3, -0.25) is 4.90 Å². The second kappa shape index (κ2) is 6.54. The Labute approximate surface area is 124 Å². The maximum Gasteiger partial charge on any atom is 0.410 e. The SMILES string of the molecule is CC(C)(C)OC(=O)N1CCCN(Cc2cscn2)CC1. The molecule has 2 heterocycles. The van der Waals surface area contributed by atoms with Crippen LogP contribution in [0.3, 0.4) is 0 Å². The maximum atomic E-state index is 12.1. The standard InChI is InChI=1S/C14H23N3O2S/c1-14(2,3)19-13(18)17-6-4-5-16(7-8-17)9-12-10-20-11-15-12/h10-11H,4-9H2,1-3H3. The van der Waals surface area contributed by atoms with E-state index in [0.717, 1.165) is 44.8 Å². The Bertz CT molecular complexity index is 428. The molecule has 1 amide bonds. The molecule has 2 rings (SSSR count). The van der Waals surface area contributed by atoms with Gasteiger partial charge >= 0.3 is 6.09 Å². The summed E-state index contributed by atoms with van der Waals surface area (Å²) in [5.41, 5.74) is 2.55. The summed E-state index contributed by atoms with van der Waals surface area (Å²) in [4.78, 5) is 20.5. The van der Waals surface area contributed by atoms with E-state index in [9.17, 15) is 4.79 Å². The third kappa shape index (κ3) is 4.76. The molecule has 0 radical (unpaired) electrons. The first kappa shape index (κ1) is 15.3. The molecule has 1 aromatic heterocycles. The Hall–Kier alpha value is -1.14. The lowest BCUT2D eigenvalue weighted by Crippen LogP contribution is -2.39. The Morgan fingerprint density at radius 3 is 2.80 bits per heavy atom. The molecule has 1 fully saturated rings. The molecule has 1 saturated heterocycles. The van der Waals surface area contributed by atoms with Gasteiger partial charge < -0.3 is 9.64 Å². The average molecular weight is 297 g/mol. The predicted molar refractivity (Wildman–Crippen MR) is 79.8 cm³/mol. The molecule has 0 spiro atoms. The van der Waals surface area contributed by atoms with E-state index in [0.29, 0.717) is 0 Å². The Morgan fingerprint density at radius 1 is 1.35 bits per heavy atom. The fourth-order valence-electron chi connectivity index (χ4n) is 2.18. The van der Waals surface area contributed by atoms with Gasteiger partial charge in [0.15, 0.2) is 0 Å². The topological polar surface area (TPSA) is 45.7 Å². The molecule has 0 aromatic carbocycles. The van der Waals surface area contributed by atoms with Crippen LogP contribution in [0.4, 0.5) is 4.79 Å². The molecule has 20 heavy (non-hydrogen) atoms. The number of ether oxygens (including phenoxy) is 1. The van der Waals surface area contributed by atoms with E-state index in [-0.39, 0.29) is 6.09 Å². The van der Waals surface area contributed by atoms with Gasteiger partial charge in [-0.25, -0.2) is 9.78 Å². The minimum Gasteiger partial charge on any atom is -0.444 e. The molecule has 0 unspecified atom stereocenters. The van der Waals surface area contributed by atoms with Crippen LogP contribution in [0.5, 0.6) is 0 Å². The lowest BCUT2D eigenvalue weighted by atomic mass is 10.2. The normalized spacial score (nSPS) is 17.9. The zero-order chi connectivity index (χ0) is 14.6. The number of carbonyl (C=O) groups is 1. The quantitative estimate of drug-likeness (QED) is 0.842. The molecule has 1 aliphatic heterocycles. The fourth-order valence-corrected chi connectivity index (χ4v) is 2.73. The van der Waals surface area contributed by atoms with Gasteiger partial charge in [0.1, 0.15) is 5.60 Å². The van der Waals surface area contributed by atoms with Crippen LogP contribution in [-0.4, -0.2) is 52.7 Å². The lowest BCUT2D eigenvalue weighted by Gasteiger charge is -2.26. The molecule has 1 aliphatic rings. The first-order chi connectivity index (χ1) is 9.44. The highest BCUT2D eigenvalue weighted by atomic mass is 32.1. The second-order valence-corrected chi connectivity index (χ2v) is 6.80. The van der Waals surface area contributed by atoms with Crippen LogP contribution < -0.4 is 0 Å². The van der Waals surface area contributed by atoms with Gasteiger partial charge in [-0.05, 0) is 27.2 Å². The number of hydrogen-bond donors (Lipinski definition) is 0. The molecule has 0 atom stereocenters. The lowest BCUT2D eigenvalue weighted by molar-refractivity contribution is 0.0257. The van der Waals surface area contributed by atoms with Crippen LogP contribution in [0.1, 0.15) is 32.9 Å². The zero-order valence-electron chi connectivity index (χ0n) is 12.5. The first-order valence-corrected chi connectivity index (χ1v) is 7.96. The van der Waals surface area contributed by atoms with E-state index >= 15 is 0 Å². The number of nitrogens with zero attached hydrogens (tertiary/aromatic N) is 3. The van der Waals surface area contributed by atoms with Crippen LogP contribution in [0.25, 0.3) is 0 Å². The van der Waals surface area contributed by atoms with Crippen LogP contribution >= 0.6 is 11.3 Å². The number of amides is 1. The molecule has 112 valence electrons. The van der Waals surface area contributed by atoms with E-state index < -0.39 is 5.60 Å². The summed E-state index contributed by atoms with van der Waals surface area (Å²) in [5, 5.41) is 2.08. The van der Waals surface area contributed by atoms with Crippen molar-refractivity contribution in [3.63, 3.8) is 0 Å². The summed E-state index contributed by atoms with van der Waals surface area (Å²) in [5.74, 6) is 0. The Balaban J connectivity index is 1.84. The van der Waals surface area contributed by atoms with E-state index in [1.807, 2.05) is 31.2 Å². The molecular weight excluding hydrogens is 274 g/mol. The summed E-state index contributed by atoms with van der Waals surface area (Å²) in [7, 11) is 0. The van der Waals surface area contributed by atoms with E-state index in [2.05, 4.69) is 15.3 Å². The minimum atomic E-state index is -0.427. The van der Waals surface area contributed by atoms with Gasteiger partial charge in [0, 0.05) is 38.1 Å². The minimum absolute atomic E-state index is 0.201. The fraction of sp³-hybridized carbons (Fsp3) is 0.714. The van der Waals surface area contributed by atoms with E-state index in [1.54, 1.807) is 11.3 Å². The molecule has 0 N–H and O–H groups in total. The number of hydrogen-bond acceptors (Lipinski definition) is 5. The number of rotatable bonds is 2. The number of carbonyl (C=O) groups excluding carboxylic acids is 1. The van der Waals surface area contributed by atoms with Crippen LogP contribution in [-0.2, 0) is 11.3 Å². The molecule has 6 heteroatoms. The van der Waals surface area contributed by atoms with Crippen molar-refractivity contribution >= 4 is 17.4 Å². The number of thiazole rings is 1. The van der Waals surface area contributed by atoms with Crippen molar-refractivity contribution in [3.05, 3.63) is 16.6 Å². The van der Waals surface area contributed by atoms with Crippen molar-refractivity contribution in [1.82, 2.24) is 14.8 Å². The van der Waals surface area contributed by atoms with Gasteiger partial charge in [-0.2, -0.15) is 0 Å². The van der Waals surface area contributed by atoms with E-state index in [4.69, 9.17) is 4.74 Å². The summed E-state index contributed by atoms with van der Waals surface area (Å²) in [6, 6.07) is 0. The van der Waals surface area contributed by atoms with Crippen molar-refractivity contribution in [2.75, 3.05) is 26.2 Å². The van der Waals surface area contributed by atoms with Crippen molar-refractivity contribution in [2.24, 2.45) is 0 Å². The molecule has 0 saturated carbocycles. The molecular formula is C14H23N3O2S. The smallest absolute Gasteiger partial charge is 0.410 e. The van der Waals surface area contributed by atoms with Gasteiger partial charge in [-0.15, -0.1) is 11.3 Å². The Kier molecular flexibility index (Phi) is 4.99. The van der Waals surface area contributed by atoms with E-state index in [1.165, 1.54) is 0 Å². The zero-order valence-corrected chi connectivity index (χ0v) is 13.3. The van der Waals surface area contributed by atoms with Gasteiger partial charge in [-0.1, -0.05) is 0 Å². The maximum absolute atomic E-state index is 12.1. The monoisotopic (exact) mass is 297 g/mol. The summed E-state index contributed by atoms with van der Waals surface area (Å²) in [6.07, 6.45) is 0.775. The average Bonchev–Trinajstić information content (AvgIpc) is 2.72. The molecule has 1 aromatic rings. The van der Waals surface area contributed by atoms with Crippen LogP contribution in [0.15, 0.2) is 10.9 Å². The van der Waals surface area contributed by atoms with Crippen molar-refractivity contribution in [2.45, 2.75) is 39.3 Å². The van der Waals surface area contributed by atoms with Crippen molar-refractivity contribution in [1.29, 1.82) is 0 Å². The number of aromatic nitrogens is 1. The highest BCUT2D eigenvalue weighted by molar-refractivity contribution is 7.07. The molecule has 0 bridgehead atoms. The third-order valence-electron chi connectivity index (χ3n) is 3.11. The Morgan fingerprint density at radius 2 is 2.15 bits per heavy atom. The summed E-state index contributed by atoms with van der Waals surface area (Å²) < 4.78 is 5.43. The first-order valence-electron chi connectivity index (χ1n) is 7.01. The van der Waals surface area contributed by atoms with Gasteiger partial charge in [0.25, 0.3) is 0 Å². The molecule has 0 aliphatic carbocycles. The van der Waals surface area contributed by atoms with Crippen molar-refractivity contribution in [3.8, 4) is 0 Å². The highest BCUT2D eigenvalue weighted by Crippen LogP contribution is 2.13. The second-order valence-electron chi connectivity index (χ2n) is 6.08. The van der Waals surface area contributed by atoms with Crippen molar-refractivity contribution < 1.29 is 9.53 Å². The third-order valence-corrected chi connectivity index (χ3v) is 3.74. The van der Waals surface area contributed by atoms with Gasteiger partial charge in [0.05, 0.1) is 11.2 Å². The molecule has 5 nitrogen and oxygen atoms in total.